The van der Waals surface area contributed by atoms with Gasteiger partial charge in [0.25, 0.3) is 11.6 Å². The Bertz CT molecular complexity index is 953. The second kappa shape index (κ2) is 9.79. The van der Waals surface area contributed by atoms with Crippen molar-refractivity contribution in [2.75, 3.05) is 10.6 Å². The van der Waals surface area contributed by atoms with E-state index in [0.717, 1.165) is 6.08 Å². The number of nitrogens with zero attached hydrogens (tertiary/aromatic N) is 1. The number of esters is 1. The highest BCUT2D eigenvalue weighted by Crippen LogP contribution is 2.15. The minimum atomic E-state index is -1.06. The third kappa shape index (κ3) is 6.90. The Labute approximate surface area is 166 Å². The van der Waals surface area contributed by atoms with Crippen molar-refractivity contribution in [2.45, 2.75) is 20.0 Å². The van der Waals surface area contributed by atoms with Crippen LogP contribution < -0.4 is 10.6 Å². The first-order valence-electron chi connectivity index (χ1n) is 8.56. The third-order valence-electron chi connectivity index (χ3n) is 3.63. The summed E-state index contributed by atoms with van der Waals surface area (Å²) >= 11 is 0. The normalized spacial score (nSPS) is 11.5. The predicted octanol–water partition coefficient (Wildman–Crippen LogP) is 3.14. The van der Waals surface area contributed by atoms with Crippen molar-refractivity contribution in [2.24, 2.45) is 0 Å². The molecular formula is C20H19N3O6. The summed E-state index contributed by atoms with van der Waals surface area (Å²) in [6.45, 7) is 2.80. The van der Waals surface area contributed by atoms with Gasteiger partial charge in [0.2, 0.25) is 5.91 Å². The zero-order valence-electron chi connectivity index (χ0n) is 15.7. The van der Waals surface area contributed by atoms with Gasteiger partial charge in [-0.05, 0) is 42.8 Å². The van der Waals surface area contributed by atoms with Gasteiger partial charge in [-0.25, -0.2) is 4.79 Å². The summed E-state index contributed by atoms with van der Waals surface area (Å²) in [4.78, 5) is 45.2. The minimum absolute atomic E-state index is 0.0993. The molecule has 0 aliphatic heterocycles. The van der Waals surface area contributed by atoms with Crippen LogP contribution in [-0.4, -0.2) is 28.8 Å². The van der Waals surface area contributed by atoms with Crippen molar-refractivity contribution < 1.29 is 24.0 Å². The van der Waals surface area contributed by atoms with Crippen LogP contribution in [0, 0.1) is 10.1 Å². The summed E-state index contributed by atoms with van der Waals surface area (Å²) in [7, 11) is 0. The van der Waals surface area contributed by atoms with Crippen molar-refractivity contribution in [1.29, 1.82) is 0 Å². The smallest absolute Gasteiger partial charge is 0.331 e. The molecule has 29 heavy (non-hydrogen) atoms. The third-order valence-corrected chi connectivity index (χ3v) is 3.63. The monoisotopic (exact) mass is 397 g/mol. The van der Waals surface area contributed by atoms with E-state index in [1.165, 1.54) is 38.1 Å². The number of carbonyl (C=O) groups is 3. The van der Waals surface area contributed by atoms with Crippen LogP contribution >= 0.6 is 0 Å². The maximum Gasteiger partial charge on any atom is 0.331 e. The first-order valence-corrected chi connectivity index (χ1v) is 8.56. The second-order valence-electron chi connectivity index (χ2n) is 6.01. The van der Waals surface area contributed by atoms with Crippen molar-refractivity contribution in [3.63, 3.8) is 0 Å². The Morgan fingerprint density at radius 3 is 2.28 bits per heavy atom. The number of nitro benzene ring substituents is 1. The fraction of sp³-hybridized carbons (Fsp3) is 0.150. The van der Waals surface area contributed by atoms with Gasteiger partial charge >= 0.3 is 5.97 Å². The molecule has 0 unspecified atom stereocenters. The van der Waals surface area contributed by atoms with Gasteiger partial charge in [0.1, 0.15) is 0 Å². The molecule has 0 saturated heterocycles. The molecule has 0 aliphatic rings. The van der Waals surface area contributed by atoms with Gasteiger partial charge < -0.3 is 15.4 Å². The molecule has 2 aromatic rings. The lowest BCUT2D eigenvalue weighted by molar-refractivity contribution is -0.384. The highest BCUT2D eigenvalue weighted by atomic mass is 16.6. The summed E-state index contributed by atoms with van der Waals surface area (Å²) in [6.07, 6.45) is 1.39. The first-order chi connectivity index (χ1) is 13.7. The molecule has 0 aliphatic carbocycles. The zero-order valence-corrected chi connectivity index (χ0v) is 15.7. The van der Waals surface area contributed by atoms with E-state index in [0.29, 0.717) is 16.9 Å². The predicted molar refractivity (Wildman–Crippen MR) is 107 cm³/mol. The van der Waals surface area contributed by atoms with Gasteiger partial charge in [0.05, 0.1) is 4.92 Å². The number of amides is 2. The lowest BCUT2D eigenvalue weighted by Crippen LogP contribution is -2.29. The number of nitro groups is 1. The molecule has 2 rings (SSSR count). The number of rotatable bonds is 7. The molecule has 0 heterocycles. The Balaban J connectivity index is 1.90. The molecule has 2 N–H and O–H groups in total. The molecule has 0 aromatic heterocycles. The number of hydrogen-bond acceptors (Lipinski definition) is 6. The van der Waals surface area contributed by atoms with Crippen LogP contribution in [0.4, 0.5) is 17.1 Å². The van der Waals surface area contributed by atoms with Crippen LogP contribution in [0.5, 0.6) is 0 Å². The Morgan fingerprint density at radius 2 is 1.69 bits per heavy atom. The molecule has 0 saturated carbocycles. The fourth-order valence-electron chi connectivity index (χ4n) is 2.26. The van der Waals surface area contributed by atoms with E-state index < -0.39 is 22.9 Å². The highest BCUT2D eigenvalue weighted by molar-refractivity contribution is 5.97. The van der Waals surface area contributed by atoms with Gasteiger partial charge in [-0.2, -0.15) is 0 Å². The molecule has 9 nitrogen and oxygen atoms in total. The van der Waals surface area contributed by atoms with E-state index in [1.54, 1.807) is 30.3 Å². The maximum atomic E-state index is 12.1. The molecule has 9 heteroatoms. The van der Waals surface area contributed by atoms with Crippen molar-refractivity contribution in [3.8, 4) is 0 Å². The molecule has 0 spiro atoms. The average Bonchev–Trinajstić information content (AvgIpc) is 2.67. The Hall–Kier alpha value is -4.01. The Kier molecular flexibility index (Phi) is 7.19. The van der Waals surface area contributed by atoms with E-state index in [1.807, 2.05) is 0 Å². The topological polar surface area (TPSA) is 128 Å². The van der Waals surface area contributed by atoms with Crippen molar-refractivity contribution in [1.82, 2.24) is 0 Å². The summed E-state index contributed by atoms with van der Waals surface area (Å²) in [5.74, 6) is -1.50. The number of anilines is 2. The van der Waals surface area contributed by atoms with Gasteiger partial charge in [-0.3, -0.25) is 19.7 Å². The summed E-state index contributed by atoms with van der Waals surface area (Å²) < 4.78 is 5.03. The van der Waals surface area contributed by atoms with E-state index in [9.17, 15) is 24.5 Å². The highest BCUT2D eigenvalue weighted by Gasteiger charge is 2.16. The Morgan fingerprint density at radius 1 is 1.07 bits per heavy atom. The number of nitrogens with one attached hydrogen (secondary N) is 2. The maximum absolute atomic E-state index is 12.1. The minimum Gasteiger partial charge on any atom is -0.449 e. The van der Waals surface area contributed by atoms with Crippen molar-refractivity contribution >= 4 is 40.9 Å². The summed E-state index contributed by atoms with van der Waals surface area (Å²) in [5, 5.41) is 16.0. The second-order valence-corrected chi connectivity index (χ2v) is 6.01. The number of carbonyl (C=O) groups excluding carboxylic acids is 3. The largest absolute Gasteiger partial charge is 0.449 e. The van der Waals surface area contributed by atoms with Crippen LogP contribution in [0.2, 0.25) is 0 Å². The van der Waals surface area contributed by atoms with E-state index in [2.05, 4.69) is 10.6 Å². The van der Waals surface area contributed by atoms with E-state index in [4.69, 9.17) is 4.74 Å². The molecule has 1 atom stereocenters. The molecule has 0 fully saturated rings. The fourth-order valence-corrected chi connectivity index (χ4v) is 2.26. The molecule has 0 bridgehead atoms. The van der Waals surface area contributed by atoms with Crippen LogP contribution in [0.3, 0.4) is 0 Å². The molecular weight excluding hydrogens is 378 g/mol. The van der Waals surface area contributed by atoms with Gasteiger partial charge in [0, 0.05) is 36.5 Å². The van der Waals surface area contributed by atoms with Crippen LogP contribution in [0.15, 0.2) is 54.6 Å². The lowest BCUT2D eigenvalue weighted by atomic mass is 10.2. The molecule has 2 aromatic carbocycles. The molecule has 0 radical (unpaired) electrons. The number of non-ortho nitro benzene ring substituents is 1. The van der Waals surface area contributed by atoms with Gasteiger partial charge in [-0.1, -0.05) is 12.1 Å². The van der Waals surface area contributed by atoms with Gasteiger partial charge in [0.15, 0.2) is 6.10 Å². The van der Waals surface area contributed by atoms with Gasteiger partial charge in [-0.15, -0.1) is 0 Å². The van der Waals surface area contributed by atoms with E-state index in [-0.39, 0.29) is 11.6 Å². The van der Waals surface area contributed by atoms with Crippen molar-refractivity contribution in [3.05, 3.63) is 70.3 Å². The average molecular weight is 397 g/mol. The number of ether oxygens (including phenoxy) is 1. The summed E-state index contributed by atoms with van der Waals surface area (Å²) in [6, 6.07) is 12.2. The lowest BCUT2D eigenvalue weighted by Gasteiger charge is -2.12. The standard InChI is InChI=1S/C20H19N3O6/c1-13(20(26)22-17-9-7-16(8-10-17)21-14(2)24)29-19(25)11-6-15-4-3-5-18(12-15)23(27)28/h3-13H,1-2H3,(H,21,24)(H,22,26)/b11-6+/t13-/m0/s1. The van der Waals surface area contributed by atoms with Crippen LogP contribution in [0.1, 0.15) is 19.4 Å². The van der Waals surface area contributed by atoms with Crippen LogP contribution in [0.25, 0.3) is 6.08 Å². The zero-order chi connectivity index (χ0) is 21.4. The molecule has 2 amide bonds. The van der Waals surface area contributed by atoms with Crippen LogP contribution in [-0.2, 0) is 19.1 Å². The quantitative estimate of drug-likeness (QED) is 0.320. The molecule has 150 valence electrons. The first kappa shape index (κ1) is 21.3. The number of benzene rings is 2. The summed E-state index contributed by atoms with van der Waals surface area (Å²) in [5.41, 5.74) is 1.41. The SMILES string of the molecule is CC(=O)Nc1ccc(NC(=O)[C@H](C)OC(=O)/C=C/c2cccc([N+](=O)[O-])c2)cc1. The number of hydrogen-bond donors (Lipinski definition) is 2. The van der Waals surface area contributed by atoms with E-state index >= 15 is 0 Å².